The van der Waals surface area contributed by atoms with E-state index in [1.54, 1.807) is 35.6 Å². The van der Waals surface area contributed by atoms with Gasteiger partial charge in [-0.05, 0) is 51.5 Å². The van der Waals surface area contributed by atoms with E-state index >= 15 is 0 Å². The van der Waals surface area contributed by atoms with E-state index < -0.39 is 5.60 Å². The summed E-state index contributed by atoms with van der Waals surface area (Å²) in [5.74, 6) is 0.664. The Balaban J connectivity index is 1.58. The Hall–Kier alpha value is -1.63. The molecule has 7 heteroatoms. The number of ether oxygens (including phenoxy) is 1. The summed E-state index contributed by atoms with van der Waals surface area (Å²) in [4.78, 5) is 21.9. The number of hydrogen-bond acceptors (Lipinski definition) is 5. The highest BCUT2D eigenvalue weighted by atomic mass is 35.5. The predicted molar refractivity (Wildman–Crippen MR) is 109 cm³/mol. The number of aryl methyl sites for hydroxylation is 1. The zero-order valence-electron chi connectivity index (χ0n) is 16.1. The van der Waals surface area contributed by atoms with Crippen LogP contribution < -0.4 is 4.74 Å². The van der Waals surface area contributed by atoms with Gasteiger partial charge in [-0.1, -0.05) is 11.6 Å². The summed E-state index contributed by atoms with van der Waals surface area (Å²) in [5, 5.41) is 3.86. The monoisotopic (exact) mass is 407 g/mol. The molecule has 146 valence electrons. The van der Waals surface area contributed by atoms with Gasteiger partial charge in [0, 0.05) is 43.1 Å². The van der Waals surface area contributed by atoms with Crippen LogP contribution in [0.5, 0.6) is 5.75 Å². The van der Waals surface area contributed by atoms with Crippen molar-refractivity contribution < 1.29 is 9.53 Å². The molecular formula is C20H26ClN3O2S. The summed E-state index contributed by atoms with van der Waals surface area (Å²) < 4.78 is 5.97. The van der Waals surface area contributed by atoms with Crippen LogP contribution in [0.3, 0.4) is 0 Å². The molecule has 0 radical (unpaired) electrons. The molecule has 0 bridgehead atoms. The van der Waals surface area contributed by atoms with Crippen molar-refractivity contribution in [1.82, 2.24) is 14.8 Å². The number of halogens is 1. The minimum atomic E-state index is -0.922. The topological polar surface area (TPSA) is 45.7 Å². The molecule has 0 unspecified atom stereocenters. The average molecular weight is 408 g/mol. The first-order valence-corrected chi connectivity index (χ1v) is 10.5. The van der Waals surface area contributed by atoms with Gasteiger partial charge in [-0.25, -0.2) is 4.98 Å². The van der Waals surface area contributed by atoms with E-state index in [2.05, 4.69) is 15.3 Å². The van der Waals surface area contributed by atoms with E-state index in [1.807, 2.05) is 25.7 Å². The van der Waals surface area contributed by atoms with Crippen molar-refractivity contribution in [2.75, 3.05) is 26.2 Å². The third-order valence-electron chi connectivity index (χ3n) is 4.63. The molecule has 0 N–H and O–H groups in total. The van der Waals surface area contributed by atoms with Crippen LogP contribution in [0, 0.1) is 6.92 Å². The molecule has 0 spiro atoms. The average Bonchev–Trinajstić information content (AvgIpc) is 2.89. The van der Waals surface area contributed by atoms with Gasteiger partial charge in [-0.15, -0.1) is 11.3 Å². The summed E-state index contributed by atoms with van der Waals surface area (Å²) in [6.45, 7) is 9.79. The van der Waals surface area contributed by atoms with Crippen LogP contribution in [-0.2, 0) is 11.3 Å². The van der Waals surface area contributed by atoms with Gasteiger partial charge in [0.25, 0.3) is 5.91 Å². The fourth-order valence-electron chi connectivity index (χ4n) is 3.26. The Morgan fingerprint density at radius 3 is 2.63 bits per heavy atom. The van der Waals surface area contributed by atoms with Gasteiger partial charge in [0.15, 0.2) is 5.60 Å². The Bertz CT molecular complexity index is 776. The second-order valence-corrected chi connectivity index (χ2v) is 8.84. The molecule has 2 heterocycles. The Morgan fingerprint density at radius 2 is 1.96 bits per heavy atom. The summed E-state index contributed by atoms with van der Waals surface area (Å²) in [6, 6.07) is 7.11. The van der Waals surface area contributed by atoms with E-state index in [-0.39, 0.29) is 5.91 Å². The number of rotatable bonds is 5. The van der Waals surface area contributed by atoms with E-state index in [0.29, 0.717) is 17.3 Å². The molecule has 2 aromatic rings. The van der Waals surface area contributed by atoms with Crippen molar-refractivity contribution in [3.8, 4) is 5.75 Å². The highest BCUT2D eigenvalue weighted by molar-refractivity contribution is 7.09. The van der Waals surface area contributed by atoms with E-state index in [4.69, 9.17) is 16.3 Å². The van der Waals surface area contributed by atoms with Crippen LogP contribution in [0.1, 0.15) is 31.0 Å². The number of benzene rings is 1. The lowest BCUT2D eigenvalue weighted by atomic mass is 10.1. The summed E-state index contributed by atoms with van der Waals surface area (Å²) in [5.41, 5.74) is 0.193. The molecule has 5 nitrogen and oxygen atoms in total. The summed E-state index contributed by atoms with van der Waals surface area (Å²) in [7, 11) is 0. The molecule has 0 saturated carbocycles. The van der Waals surface area contributed by atoms with Gasteiger partial charge in [0.1, 0.15) is 5.75 Å². The van der Waals surface area contributed by atoms with Crippen LogP contribution >= 0.6 is 22.9 Å². The second-order valence-electron chi connectivity index (χ2n) is 7.35. The second kappa shape index (κ2) is 8.59. The normalized spacial score (nSPS) is 16.2. The summed E-state index contributed by atoms with van der Waals surface area (Å²) >= 11 is 7.60. The van der Waals surface area contributed by atoms with Crippen molar-refractivity contribution in [3.05, 3.63) is 45.4 Å². The Morgan fingerprint density at radius 1 is 1.22 bits per heavy atom. The van der Waals surface area contributed by atoms with Gasteiger partial charge in [-0.3, -0.25) is 9.69 Å². The third-order valence-corrected chi connectivity index (χ3v) is 5.70. The fourth-order valence-corrected chi connectivity index (χ4v) is 3.99. The predicted octanol–water partition coefficient (Wildman–Crippen LogP) is 4.00. The van der Waals surface area contributed by atoms with Crippen LogP contribution in [0.25, 0.3) is 0 Å². The van der Waals surface area contributed by atoms with Gasteiger partial charge < -0.3 is 9.64 Å². The number of hydrogen-bond donors (Lipinski definition) is 0. The smallest absolute Gasteiger partial charge is 0.266 e. The van der Waals surface area contributed by atoms with Crippen LogP contribution in [0.2, 0.25) is 5.02 Å². The lowest BCUT2D eigenvalue weighted by molar-refractivity contribution is -0.145. The maximum absolute atomic E-state index is 13.1. The van der Waals surface area contributed by atoms with Gasteiger partial charge in [0.2, 0.25) is 0 Å². The largest absolute Gasteiger partial charge is 0.478 e. The lowest BCUT2D eigenvalue weighted by Crippen LogP contribution is -2.50. The molecule has 1 fully saturated rings. The number of thiazole rings is 1. The minimum Gasteiger partial charge on any atom is -0.478 e. The molecule has 1 aliphatic heterocycles. The van der Waals surface area contributed by atoms with Crippen LogP contribution in [0.15, 0.2) is 29.6 Å². The molecule has 3 rings (SSSR count). The molecule has 1 amide bonds. The van der Waals surface area contributed by atoms with Gasteiger partial charge in [0.05, 0.1) is 10.7 Å². The minimum absolute atomic E-state index is 0.0174. The van der Waals surface area contributed by atoms with Crippen molar-refractivity contribution in [2.24, 2.45) is 0 Å². The maximum Gasteiger partial charge on any atom is 0.266 e. The van der Waals surface area contributed by atoms with E-state index in [9.17, 15) is 4.79 Å². The molecule has 1 aromatic heterocycles. The SMILES string of the molecule is Cc1nc(CN2CCCN(C(=O)C(C)(C)Oc3ccc(Cl)cc3)CC2)cs1. The first-order valence-electron chi connectivity index (χ1n) is 9.21. The Labute approximate surface area is 169 Å². The van der Waals surface area contributed by atoms with Crippen molar-refractivity contribution >= 4 is 28.8 Å². The third kappa shape index (κ3) is 5.43. The number of aromatic nitrogens is 1. The van der Waals surface area contributed by atoms with Crippen molar-refractivity contribution in [2.45, 2.75) is 39.3 Å². The molecule has 1 aliphatic rings. The highest BCUT2D eigenvalue weighted by Gasteiger charge is 2.35. The van der Waals surface area contributed by atoms with E-state index in [0.717, 1.165) is 43.3 Å². The molecule has 27 heavy (non-hydrogen) atoms. The first-order chi connectivity index (χ1) is 12.8. The molecule has 0 atom stereocenters. The van der Waals surface area contributed by atoms with Crippen LogP contribution in [-0.4, -0.2) is 52.5 Å². The Kier molecular flexibility index (Phi) is 6.40. The van der Waals surface area contributed by atoms with Gasteiger partial charge >= 0.3 is 0 Å². The molecular weight excluding hydrogens is 382 g/mol. The highest BCUT2D eigenvalue weighted by Crippen LogP contribution is 2.23. The number of carbonyl (C=O) groups is 1. The lowest BCUT2D eigenvalue weighted by Gasteiger charge is -2.31. The number of amides is 1. The molecule has 1 saturated heterocycles. The number of carbonyl (C=O) groups excluding carboxylic acids is 1. The fraction of sp³-hybridized carbons (Fsp3) is 0.500. The summed E-state index contributed by atoms with van der Waals surface area (Å²) in [6.07, 6.45) is 0.950. The molecule has 0 aliphatic carbocycles. The first kappa shape index (κ1) is 20.1. The maximum atomic E-state index is 13.1. The number of nitrogens with zero attached hydrogens (tertiary/aromatic N) is 3. The van der Waals surface area contributed by atoms with E-state index in [1.165, 1.54) is 0 Å². The van der Waals surface area contributed by atoms with Crippen molar-refractivity contribution in [1.29, 1.82) is 0 Å². The zero-order valence-corrected chi connectivity index (χ0v) is 17.6. The quantitative estimate of drug-likeness (QED) is 0.751. The molecule has 1 aromatic carbocycles. The standard InChI is InChI=1S/C20H26ClN3O2S/c1-15-22-17(14-27-15)13-23-9-4-10-24(12-11-23)19(25)20(2,3)26-18-7-5-16(21)6-8-18/h5-8,14H,4,9-13H2,1-3H3. The van der Waals surface area contributed by atoms with Crippen molar-refractivity contribution in [3.63, 3.8) is 0 Å². The zero-order chi connectivity index (χ0) is 19.4. The van der Waals surface area contributed by atoms with Crippen LogP contribution in [0.4, 0.5) is 0 Å². The van der Waals surface area contributed by atoms with Gasteiger partial charge in [-0.2, -0.15) is 0 Å².